The van der Waals surface area contributed by atoms with E-state index in [0.717, 1.165) is 36.9 Å². The quantitative estimate of drug-likeness (QED) is 0.806. The van der Waals surface area contributed by atoms with Crippen LogP contribution in [0.1, 0.15) is 6.92 Å². The van der Waals surface area contributed by atoms with Crippen LogP contribution < -0.4 is 15.1 Å². The topological polar surface area (TPSA) is 36.8 Å². The van der Waals surface area contributed by atoms with Crippen LogP contribution in [0.3, 0.4) is 0 Å². The van der Waals surface area contributed by atoms with Crippen molar-refractivity contribution in [3.63, 3.8) is 0 Å². The summed E-state index contributed by atoms with van der Waals surface area (Å²) in [5, 5.41) is 4.63. The van der Waals surface area contributed by atoms with Crippen molar-refractivity contribution in [3.8, 4) is 0 Å². The number of carbonyl (C=O) groups is 1. The van der Waals surface area contributed by atoms with E-state index in [2.05, 4.69) is 16.3 Å². The van der Waals surface area contributed by atoms with E-state index in [1.165, 1.54) is 4.90 Å². The van der Waals surface area contributed by atoms with Gasteiger partial charge in [0, 0.05) is 15.7 Å². The van der Waals surface area contributed by atoms with E-state index >= 15 is 0 Å². The molecule has 1 heterocycles. The van der Waals surface area contributed by atoms with Crippen molar-refractivity contribution in [2.45, 2.75) is 13.0 Å². The van der Waals surface area contributed by atoms with Crippen LogP contribution >= 0.6 is 34.8 Å². The summed E-state index contributed by atoms with van der Waals surface area (Å²) in [7, 11) is 0. The highest BCUT2D eigenvalue weighted by Crippen LogP contribution is 2.25. The van der Waals surface area contributed by atoms with Gasteiger partial charge in [0.1, 0.15) is 0 Å². The number of piperazine rings is 1. The number of hydrogen-bond acceptors (Lipinski definition) is 2. The number of amides is 1. The van der Waals surface area contributed by atoms with E-state index in [-0.39, 0.29) is 11.9 Å². The molecule has 1 atom stereocenters. The highest BCUT2D eigenvalue weighted by atomic mass is 35.5. The first-order valence-electron chi connectivity index (χ1n) is 8.55. The third-order valence-electron chi connectivity index (χ3n) is 4.77. The molecule has 2 N–H and O–H groups in total. The normalized spacial score (nSPS) is 16.4. The van der Waals surface area contributed by atoms with Gasteiger partial charge in [-0.1, -0.05) is 40.9 Å². The van der Waals surface area contributed by atoms with Crippen LogP contribution in [0.25, 0.3) is 0 Å². The van der Waals surface area contributed by atoms with Gasteiger partial charge in [0.25, 0.3) is 5.91 Å². The average Bonchev–Trinajstić information content (AvgIpc) is 2.63. The summed E-state index contributed by atoms with van der Waals surface area (Å²) in [4.78, 5) is 16.1. The van der Waals surface area contributed by atoms with E-state index in [1.807, 2.05) is 25.1 Å². The Morgan fingerprint density at radius 3 is 2.42 bits per heavy atom. The molecule has 2 aromatic rings. The van der Waals surface area contributed by atoms with Crippen LogP contribution in [0.4, 0.5) is 11.4 Å². The Morgan fingerprint density at radius 2 is 1.77 bits per heavy atom. The number of nitrogens with zero attached hydrogens (tertiary/aromatic N) is 1. The van der Waals surface area contributed by atoms with Crippen molar-refractivity contribution in [2.75, 3.05) is 36.4 Å². The van der Waals surface area contributed by atoms with E-state index in [1.54, 1.807) is 18.2 Å². The number of rotatable bonds is 4. The highest BCUT2D eigenvalue weighted by Gasteiger charge is 2.29. The molecule has 0 aromatic heterocycles. The Kier molecular flexibility index (Phi) is 6.30. The summed E-state index contributed by atoms with van der Waals surface area (Å²) in [5.74, 6) is -0.0413. The third-order valence-corrected chi connectivity index (χ3v) is 5.56. The maximum atomic E-state index is 12.6. The largest absolute Gasteiger partial charge is 0.360 e. The van der Waals surface area contributed by atoms with Crippen molar-refractivity contribution in [1.82, 2.24) is 0 Å². The summed E-state index contributed by atoms with van der Waals surface area (Å²) in [6, 6.07) is 12.8. The lowest BCUT2D eigenvalue weighted by atomic mass is 10.2. The zero-order valence-corrected chi connectivity index (χ0v) is 16.7. The molecule has 1 aliphatic rings. The van der Waals surface area contributed by atoms with Gasteiger partial charge in [-0.05, 0) is 43.3 Å². The number of carbonyl (C=O) groups excluding carboxylic acids is 1. The van der Waals surface area contributed by atoms with E-state index in [0.29, 0.717) is 15.7 Å². The third kappa shape index (κ3) is 4.63. The molecule has 0 saturated carbocycles. The summed E-state index contributed by atoms with van der Waals surface area (Å²) in [6.07, 6.45) is 0. The first-order valence-corrected chi connectivity index (χ1v) is 9.68. The lowest BCUT2D eigenvalue weighted by Gasteiger charge is -2.36. The fourth-order valence-electron chi connectivity index (χ4n) is 3.18. The second-order valence-electron chi connectivity index (χ2n) is 6.46. The molecule has 7 heteroatoms. The SMILES string of the molecule is C[C@H](C(=O)Nc1ccc(Cl)cc1Cl)[NH+]1CCN(c2cccc(Cl)c2)CC1. The standard InChI is InChI=1S/C19H20Cl3N3O/c1-13(19(26)23-18-6-5-15(21)12-17(18)22)24-7-9-25(10-8-24)16-4-2-3-14(20)11-16/h2-6,11-13H,7-10H2,1H3,(H,23,26)/p+1/t13-/m1/s1. The van der Waals surface area contributed by atoms with Crippen molar-refractivity contribution >= 4 is 52.1 Å². The summed E-state index contributed by atoms with van der Waals surface area (Å²) < 4.78 is 0. The van der Waals surface area contributed by atoms with Crippen LogP contribution in [0.2, 0.25) is 15.1 Å². The minimum absolute atomic E-state index is 0.0413. The molecule has 2 aromatic carbocycles. The predicted octanol–water partition coefficient (Wildman–Crippen LogP) is 3.38. The first-order chi connectivity index (χ1) is 12.4. The molecule has 0 radical (unpaired) electrons. The summed E-state index contributed by atoms with van der Waals surface area (Å²) in [5.41, 5.74) is 1.71. The Morgan fingerprint density at radius 1 is 1.08 bits per heavy atom. The number of quaternary nitrogens is 1. The van der Waals surface area contributed by atoms with Crippen LogP contribution in [0, 0.1) is 0 Å². The molecular formula is C19H21Cl3N3O+. The lowest BCUT2D eigenvalue weighted by Crippen LogP contribution is -3.19. The molecule has 0 aliphatic carbocycles. The number of hydrogen-bond donors (Lipinski definition) is 2. The molecule has 0 bridgehead atoms. The number of halogens is 3. The molecule has 1 fully saturated rings. The predicted molar refractivity (Wildman–Crippen MR) is 109 cm³/mol. The van der Waals surface area contributed by atoms with Gasteiger partial charge < -0.3 is 15.1 Å². The molecule has 0 spiro atoms. The molecule has 0 unspecified atom stereocenters. The maximum Gasteiger partial charge on any atom is 0.282 e. The number of benzene rings is 2. The summed E-state index contributed by atoms with van der Waals surface area (Å²) >= 11 is 18.1. The van der Waals surface area contributed by atoms with Gasteiger partial charge in [0.15, 0.2) is 6.04 Å². The molecule has 26 heavy (non-hydrogen) atoms. The Balaban J connectivity index is 1.57. The van der Waals surface area contributed by atoms with Crippen LogP contribution in [0.15, 0.2) is 42.5 Å². The maximum absolute atomic E-state index is 12.6. The molecule has 3 rings (SSSR count). The fraction of sp³-hybridized carbons (Fsp3) is 0.316. The number of anilines is 2. The molecule has 4 nitrogen and oxygen atoms in total. The average molecular weight is 414 g/mol. The minimum atomic E-state index is -0.164. The van der Waals surface area contributed by atoms with Crippen molar-refractivity contribution < 1.29 is 9.69 Å². The van der Waals surface area contributed by atoms with Gasteiger partial charge in [-0.2, -0.15) is 0 Å². The molecular weight excluding hydrogens is 393 g/mol. The lowest BCUT2D eigenvalue weighted by molar-refractivity contribution is -0.914. The fourth-order valence-corrected chi connectivity index (χ4v) is 3.82. The molecule has 1 saturated heterocycles. The van der Waals surface area contributed by atoms with E-state index in [4.69, 9.17) is 34.8 Å². The van der Waals surface area contributed by atoms with Gasteiger partial charge in [0.2, 0.25) is 0 Å². The van der Waals surface area contributed by atoms with Crippen LogP contribution in [0.5, 0.6) is 0 Å². The Hall–Kier alpha value is -1.46. The Bertz CT molecular complexity index is 791. The zero-order chi connectivity index (χ0) is 18.7. The van der Waals surface area contributed by atoms with Gasteiger partial charge in [-0.3, -0.25) is 4.79 Å². The monoisotopic (exact) mass is 412 g/mol. The second kappa shape index (κ2) is 8.49. The summed E-state index contributed by atoms with van der Waals surface area (Å²) in [6.45, 7) is 5.48. The van der Waals surface area contributed by atoms with Crippen LogP contribution in [-0.2, 0) is 4.79 Å². The second-order valence-corrected chi connectivity index (χ2v) is 7.74. The van der Waals surface area contributed by atoms with Crippen molar-refractivity contribution in [3.05, 3.63) is 57.5 Å². The van der Waals surface area contributed by atoms with E-state index in [9.17, 15) is 4.79 Å². The van der Waals surface area contributed by atoms with Gasteiger partial charge in [-0.15, -0.1) is 0 Å². The smallest absolute Gasteiger partial charge is 0.282 e. The number of nitrogens with one attached hydrogen (secondary N) is 2. The van der Waals surface area contributed by atoms with E-state index < -0.39 is 0 Å². The van der Waals surface area contributed by atoms with Crippen molar-refractivity contribution in [2.24, 2.45) is 0 Å². The molecule has 1 aliphatic heterocycles. The van der Waals surface area contributed by atoms with Gasteiger partial charge >= 0.3 is 0 Å². The molecule has 138 valence electrons. The van der Waals surface area contributed by atoms with Crippen LogP contribution in [-0.4, -0.2) is 38.1 Å². The Labute approximate surface area is 168 Å². The van der Waals surface area contributed by atoms with Crippen molar-refractivity contribution in [1.29, 1.82) is 0 Å². The zero-order valence-electron chi connectivity index (χ0n) is 14.4. The minimum Gasteiger partial charge on any atom is -0.360 e. The van der Waals surface area contributed by atoms with Gasteiger partial charge in [0.05, 0.1) is 36.9 Å². The first kappa shape index (κ1) is 19.3. The van der Waals surface area contributed by atoms with Gasteiger partial charge in [-0.25, -0.2) is 0 Å². The molecule has 1 amide bonds. The highest BCUT2D eigenvalue weighted by molar-refractivity contribution is 6.36.